The van der Waals surface area contributed by atoms with E-state index in [4.69, 9.17) is 9.72 Å². The summed E-state index contributed by atoms with van der Waals surface area (Å²) in [5.74, 6) is 1.19. The molecule has 0 aliphatic carbocycles. The lowest BCUT2D eigenvalue weighted by molar-refractivity contribution is 0.122. The highest BCUT2D eigenvalue weighted by Gasteiger charge is 2.13. The van der Waals surface area contributed by atoms with Crippen LogP contribution in [0.1, 0.15) is 11.1 Å². The van der Waals surface area contributed by atoms with Crippen molar-refractivity contribution in [2.24, 2.45) is 0 Å². The van der Waals surface area contributed by atoms with E-state index in [-0.39, 0.29) is 5.56 Å². The molecule has 0 unspecified atom stereocenters. The fraction of sp³-hybridized carbons (Fsp3) is 0.231. The van der Waals surface area contributed by atoms with Crippen LogP contribution in [0.15, 0.2) is 65.6 Å². The number of fused-ring (bicyclic) bond motifs is 1. The number of aromatic amines is 1. The number of hydrogen-bond acceptors (Lipinski definition) is 6. The standard InChI is InChI=1S/C26H27N5O2/c1-17-4-3-5-22(18(17)2)29-23-16-19-10-11-27-26(32)24(19)25(30-23)28-20-6-8-21(9-7-20)31-12-14-33-15-13-31/h3-11,16H,12-15H2,1-2H3,(H,27,32)(H2,28,29,30). The third-order valence-electron chi connectivity index (χ3n) is 6.13. The SMILES string of the molecule is Cc1cccc(Nc2cc3cc[nH]c(=O)c3c(Nc3ccc(N4CCOCC4)cc3)n2)c1C. The molecule has 1 aliphatic heterocycles. The number of ether oxygens (including phenoxy) is 1. The number of nitrogens with one attached hydrogen (secondary N) is 3. The van der Waals surface area contributed by atoms with E-state index in [1.165, 1.54) is 11.1 Å². The normalized spacial score (nSPS) is 13.8. The minimum atomic E-state index is -0.175. The summed E-state index contributed by atoms with van der Waals surface area (Å²) >= 11 is 0. The molecule has 5 rings (SSSR count). The summed E-state index contributed by atoms with van der Waals surface area (Å²) in [7, 11) is 0. The molecule has 1 fully saturated rings. The number of benzene rings is 2. The zero-order valence-corrected chi connectivity index (χ0v) is 18.8. The van der Waals surface area contributed by atoms with E-state index in [0.717, 1.165) is 48.8 Å². The topological polar surface area (TPSA) is 82.3 Å². The summed E-state index contributed by atoms with van der Waals surface area (Å²) < 4.78 is 5.44. The fourth-order valence-corrected chi connectivity index (χ4v) is 4.11. The molecule has 2 aromatic heterocycles. The van der Waals surface area contributed by atoms with Gasteiger partial charge in [0.15, 0.2) is 0 Å². The summed E-state index contributed by atoms with van der Waals surface area (Å²) in [6.07, 6.45) is 1.66. The minimum Gasteiger partial charge on any atom is -0.378 e. The molecule has 0 bridgehead atoms. The highest BCUT2D eigenvalue weighted by atomic mass is 16.5. The Bertz CT molecular complexity index is 1340. The van der Waals surface area contributed by atoms with Gasteiger partial charge >= 0.3 is 0 Å². The third-order valence-corrected chi connectivity index (χ3v) is 6.13. The molecule has 2 aromatic carbocycles. The average molecular weight is 442 g/mol. The molecule has 1 saturated heterocycles. The predicted molar refractivity (Wildman–Crippen MR) is 134 cm³/mol. The number of rotatable bonds is 5. The maximum atomic E-state index is 12.6. The van der Waals surface area contributed by atoms with Gasteiger partial charge in [-0.25, -0.2) is 4.98 Å². The van der Waals surface area contributed by atoms with Crippen molar-refractivity contribution < 1.29 is 4.74 Å². The van der Waals surface area contributed by atoms with Gasteiger partial charge in [0.05, 0.1) is 18.6 Å². The van der Waals surface area contributed by atoms with E-state index >= 15 is 0 Å². The van der Waals surface area contributed by atoms with Gasteiger partial charge < -0.3 is 25.3 Å². The van der Waals surface area contributed by atoms with Crippen LogP contribution in [0.4, 0.5) is 28.7 Å². The third kappa shape index (κ3) is 4.40. The van der Waals surface area contributed by atoms with Crippen molar-refractivity contribution in [1.82, 2.24) is 9.97 Å². The summed E-state index contributed by atoms with van der Waals surface area (Å²) in [6.45, 7) is 7.44. The Morgan fingerprint density at radius 3 is 2.58 bits per heavy atom. The quantitative estimate of drug-likeness (QED) is 0.410. The Morgan fingerprint density at radius 1 is 1.00 bits per heavy atom. The largest absolute Gasteiger partial charge is 0.378 e. The van der Waals surface area contributed by atoms with Crippen LogP contribution in [0.5, 0.6) is 0 Å². The smallest absolute Gasteiger partial charge is 0.259 e. The second-order valence-corrected chi connectivity index (χ2v) is 8.27. The molecular formula is C26H27N5O2. The van der Waals surface area contributed by atoms with Gasteiger partial charge in [-0.3, -0.25) is 4.79 Å². The van der Waals surface area contributed by atoms with E-state index < -0.39 is 0 Å². The van der Waals surface area contributed by atoms with Crippen molar-refractivity contribution in [1.29, 1.82) is 0 Å². The number of aryl methyl sites for hydroxylation is 1. The lowest BCUT2D eigenvalue weighted by atomic mass is 10.1. The van der Waals surface area contributed by atoms with Crippen LogP contribution in [-0.4, -0.2) is 36.3 Å². The van der Waals surface area contributed by atoms with Gasteiger partial charge in [-0.2, -0.15) is 0 Å². The first-order valence-corrected chi connectivity index (χ1v) is 11.1. The van der Waals surface area contributed by atoms with Gasteiger partial charge in [-0.05, 0) is 72.8 Å². The summed E-state index contributed by atoms with van der Waals surface area (Å²) in [6, 6.07) is 18.1. The molecule has 0 amide bonds. The number of pyridine rings is 2. The molecule has 0 saturated carbocycles. The molecule has 3 N–H and O–H groups in total. The molecule has 3 heterocycles. The zero-order chi connectivity index (χ0) is 22.8. The zero-order valence-electron chi connectivity index (χ0n) is 18.8. The molecule has 0 atom stereocenters. The van der Waals surface area contributed by atoms with Crippen molar-refractivity contribution in [3.8, 4) is 0 Å². The lowest BCUT2D eigenvalue weighted by Gasteiger charge is -2.28. The second kappa shape index (κ2) is 8.96. The average Bonchev–Trinajstić information content (AvgIpc) is 2.83. The second-order valence-electron chi connectivity index (χ2n) is 8.27. The van der Waals surface area contributed by atoms with Crippen LogP contribution in [0.3, 0.4) is 0 Å². The summed E-state index contributed by atoms with van der Waals surface area (Å²) in [4.78, 5) is 22.5. The molecule has 7 heteroatoms. The van der Waals surface area contributed by atoms with E-state index in [9.17, 15) is 4.79 Å². The van der Waals surface area contributed by atoms with E-state index in [2.05, 4.69) is 52.6 Å². The highest BCUT2D eigenvalue weighted by Crippen LogP contribution is 2.29. The first-order chi connectivity index (χ1) is 16.1. The number of aromatic nitrogens is 2. The Morgan fingerprint density at radius 2 is 1.79 bits per heavy atom. The number of nitrogens with zero attached hydrogens (tertiary/aromatic N) is 2. The van der Waals surface area contributed by atoms with Crippen molar-refractivity contribution in [3.05, 3.63) is 82.3 Å². The van der Waals surface area contributed by atoms with Crippen LogP contribution >= 0.6 is 0 Å². The monoisotopic (exact) mass is 441 g/mol. The Hall–Kier alpha value is -3.84. The summed E-state index contributed by atoms with van der Waals surface area (Å²) in [5, 5.41) is 8.12. The van der Waals surface area contributed by atoms with Crippen molar-refractivity contribution in [2.75, 3.05) is 41.8 Å². The number of anilines is 5. The molecule has 0 radical (unpaired) electrons. The van der Waals surface area contributed by atoms with Crippen LogP contribution in [-0.2, 0) is 4.74 Å². The molecule has 7 nitrogen and oxygen atoms in total. The minimum absolute atomic E-state index is 0.175. The number of hydrogen-bond donors (Lipinski definition) is 3. The molecule has 0 spiro atoms. The van der Waals surface area contributed by atoms with Gasteiger partial charge in [-0.1, -0.05) is 12.1 Å². The van der Waals surface area contributed by atoms with Gasteiger partial charge in [0, 0.05) is 36.3 Å². The number of H-pyrrole nitrogens is 1. The Labute approximate surface area is 192 Å². The molecule has 168 valence electrons. The maximum absolute atomic E-state index is 12.6. The van der Waals surface area contributed by atoms with Crippen LogP contribution in [0.25, 0.3) is 10.8 Å². The van der Waals surface area contributed by atoms with Gasteiger partial charge in [0.25, 0.3) is 5.56 Å². The molecular weight excluding hydrogens is 414 g/mol. The van der Waals surface area contributed by atoms with Crippen LogP contribution in [0.2, 0.25) is 0 Å². The maximum Gasteiger partial charge on any atom is 0.259 e. The molecule has 4 aromatic rings. The fourth-order valence-electron chi connectivity index (χ4n) is 4.11. The van der Waals surface area contributed by atoms with E-state index in [1.54, 1.807) is 6.20 Å². The predicted octanol–water partition coefficient (Wildman–Crippen LogP) is 4.86. The van der Waals surface area contributed by atoms with E-state index in [0.29, 0.717) is 17.0 Å². The first kappa shape index (κ1) is 21.0. The summed E-state index contributed by atoms with van der Waals surface area (Å²) in [5.41, 5.74) is 5.21. The Balaban J connectivity index is 1.48. The van der Waals surface area contributed by atoms with Crippen molar-refractivity contribution in [3.63, 3.8) is 0 Å². The molecule has 33 heavy (non-hydrogen) atoms. The van der Waals surface area contributed by atoms with Gasteiger partial charge in [-0.15, -0.1) is 0 Å². The van der Waals surface area contributed by atoms with Crippen LogP contribution < -0.4 is 21.1 Å². The first-order valence-electron chi connectivity index (χ1n) is 11.1. The lowest BCUT2D eigenvalue weighted by Crippen LogP contribution is -2.36. The van der Waals surface area contributed by atoms with Crippen LogP contribution in [0, 0.1) is 13.8 Å². The Kier molecular flexibility index (Phi) is 5.71. The van der Waals surface area contributed by atoms with Gasteiger partial charge in [0.2, 0.25) is 0 Å². The van der Waals surface area contributed by atoms with Crippen molar-refractivity contribution in [2.45, 2.75) is 13.8 Å². The van der Waals surface area contributed by atoms with Crippen molar-refractivity contribution >= 4 is 39.5 Å². The molecule has 1 aliphatic rings. The van der Waals surface area contributed by atoms with Gasteiger partial charge in [0.1, 0.15) is 11.6 Å². The number of morpholine rings is 1. The highest BCUT2D eigenvalue weighted by molar-refractivity contribution is 5.94. The van der Waals surface area contributed by atoms with E-state index in [1.807, 2.05) is 36.4 Å².